The number of guanidine groups is 1. The Hall–Kier alpha value is -2.34. The molecule has 29 heavy (non-hydrogen) atoms. The van der Waals surface area contributed by atoms with Crippen LogP contribution in [-0.4, -0.2) is 36.2 Å². The second kappa shape index (κ2) is 7.82. The maximum Gasteiger partial charge on any atom is 0.226 e. The highest BCUT2D eigenvalue weighted by Crippen LogP contribution is 2.60. The lowest BCUT2D eigenvalue weighted by atomic mass is 9.54. The molecule has 0 radical (unpaired) electrons. The summed E-state index contributed by atoms with van der Waals surface area (Å²) in [7, 11) is 0. The zero-order valence-corrected chi connectivity index (χ0v) is 17.1. The fourth-order valence-electron chi connectivity index (χ4n) is 5.62. The number of aromatic nitrogens is 1. The summed E-state index contributed by atoms with van der Waals surface area (Å²) in [5.74, 6) is 2.13. The average molecular weight is 395 g/mol. The molecule has 1 aliphatic heterocycles. The molecule has 0 amide bonds. The molecular weight excluding hydrogens is 364 g/mol. The van der Waals surface area contributed by atoms with Gasteiger partial charge in [-0.05, 0) is 38.3 Å². The van der Waals surface area contributed by atoms with E-state index in [9.17, 15) is 0 Å². The first-order valence-corrected chi connectivity index (χ1v) is 11.0. The highest BCUT2D eigenvalue weighted by atomic mass is 16.5. The summed E-state index contributed by atoms with van der Waals surface area (Å²) in [6, 6.07) is 10.4. The van der Waals surface area contributed by atoms with Gasteiger partial charge in [0.05, 0.1) is 12.6 Å². The first kappa shape index (κ1) is 18.7. The first-order valence-electron chi connectivity index (χ1n) is 11.0. The van der Waals surface area contributed by atoms with Gasteiger partial charge in [0, 0.05) is 36.1 Å². The maximum absolute atomic E-state index is 6.11. The standard InChI is InChI=1S/C23H30N4O2/c1-2-24-22(25-14-17-15-29-21(26-17)16-8-4-3-5-9-16)27-19-18-10-13-28-20(18)23(19)11-6-7-12-23/h3-5,8-9,15,18-20H,2,6-7,10-14H2,1H3,(H2,24,25,27). The van der Waals surface area contributed by atoms with Gasteiger partial charge >= 0.3 is 0 Å². The van der Waals surface area contributed by atoms with Crippen LogP contribution in [0.25, 0.3) is 11.5 Å². The summed E-state index contributed by atoms with van der Waals surface area (Å²) < 4.78 is 11.8. The van der Waals surface area contributed by atoms with Crippen molar-refractivity contribution in [1.29, 1.82) is 0 Å². The van der Waals surface area contributed by atoms with Crippen molar-refractivity contribution in [3.05, 3.63) is 42.3 Å². The lowest BCUT2D eigenvalue weighted by molar-refractivity contribution is -0.125. The normalized spacial score (nSPS) is 27.6. The Morgan fingerprint density at radius 3 is 2.86 bits per heavy atom. The topological polar surface area (TPSA) is 71.7 Å². The molecule has 5 rings (SSSR count). The van der Waals surface area contributed by atoms with E-state index < -0.39 is 0 Å². The molecular formula is C23H30N4O2. The summed E-state index contributed by atoms with van der Waals surface area (Å²) >= 11 is 0. The molecule has 3 unspecified atom stereocenters. The van der Waals surface area contributed by atoms with E-state index >= 15 is 0 Å². The molecule has 2 heterocycles. The zero-order valence-electron chi connectivity index (χ0n) is 17.1. The number of oxazole rings is 1. The maximum atomic E-state index is 6.11. The number of rotatable bonds is 5. The van der Waals surface area contributed by atoms with Crippen LogP contribution in [-0.2, 0) is 11.3 Å². The second-order valence-corrected chi connectivity index (χ2v) is 8.51. The number of hydrogen-bond donors (Lipinski definition) is 2. The molecule has 1 aromatic heterocycles. The van der Waals surface area contributed by atoms with E-state index in [0.717, 1.165) is 36.8 Å². The Kier molecular flexibility index (Phi) is 5.04. The van der Waals surface area contributed by atoms with E-state index in [-0.39, 0.29) is 0 Å². The Morgan fingerprint density at radius 1 is 1.24 bits per heavy atom. The van der Waals surface area contributed by atoms with Crippen LogP contribution >= 0.6 is 0 Å². The number of hydrogen-bond acceptors (Lipinski definition) is 4. The van der Waals surface area contributed by atoms with Gasteiger partial charge in [-0.2, -0.15) is 0 Å². The van der Waals surface area contributed by atoms with Crippen LogP contribution in [0.5, 0.6) is 0 Å². The Labute approximate surface area is 172 Å². The van der Waals surface area contributed by atoms with Crippen LogP contribution in [0.4, 0.5) is 0 Å². The van der Waals surface area contributed by atoms with Gasteiger partial charge in [-0.15, -0.1) is 0 Å². The smallest absolute Gasteiger partial charge is 0.226 e. The van der Waals surface area contributed by atoms with E-state index in [1.807, 2.05) is 30.3 Å². The van der Waals surface area contributed by atoms with Crippen molar-refractivity contribution in [3.63, 3.8) is 0 Å². The molecule has 2 aliphatic carbocycles. The van der Waals surface area contributed by atoms with Gasteiger partial charge in [-0.1, -0.05) is 31.0 Å². The largest absolute Gasteiger partial charge is 0.444 e. The molecule has 3 fully saturated rings. The molecule has 2 N–H and O–H groups in total. The predicted molar refractivity (Wildman–Crippen MR) is 112 cm³/mol. The number of aliphatic imine (C=N–C) groups is 1. The average Bonchev–Trinajstić information content (AvgIpc) is 3.50. The van der Waals surface area contributed by atoms with Crippen LogP contribution < -0.4 is 10.6 Å². The third kappa shape index (κ3) is 3.33. The third-order valence-corrected chi connectivity index (χ3v) is 6.89. The van der Waals surface area contributed by atoms with E-state index in [0.29, 0.717) is 35.9 Å². The fourth-order valence-corrected chi connectivity index (χ4v) is 5.62. The first-order chi connectivity index (χ1) is 14.3. The van der Waals surface area contributed by atoms with Crippen molar-refractivity contribution in [3.8, 4) is 11.5 Å². The van der Waals surface area contributed by atoms with Crippen LogP contribution in [0.3, 0.4) is 0 Å². The predicted octanol–water partition coefficient (Wildman–Crippen LogP) is 3.74. The van der Waals surface area contributed by atoms with Gasteiger partial charge < -0.3 is 19.8 Å². The second-order valence-electron chi connectivity index (χ2n) is 8.51. The minimum absolute atomic E-state index is 0.311. The lowest BCUT2D eigenvalue weighted by Crippen LogP contribution is -2.69. The van der Waals surface area contributed by atoms with E-state index in [1.54, 1.807) is 6.26 Å². The van der Waals surface area contributed by atoms with Crippen LogP contribution in [0.15, 0.2) is 46.0 Å². The zero-order chi connectivity index (χ0) is 19.7. The monoisotopic (exact) mass is 394 g/mol. The van der Waals surface area contributed by atoms with Gasteiger partial charge in [0.2, 0.25) is 5.89 Å². The number of benzene rings is 1. The quantitative estimate of drug-likeness (QED) is 0.597. The molecule has 3 aliphatic rings. The highest BCUT2D eigenvalue weighted by molar-refractivity contribution is 5.80. The van der Waals surface area contributed by atoms with Gasteiger partial charge in [0.1, 0.15) is 12.0 Å². The minimum atomic E-state index is 0.311. The van der Waals surface area contributed by atoms with Crippen LogP contribution in [0.2, 0.25) is 0 Å². The molecule has 2 saturated carbocycles. The molecule has 154 valence electrons. The molecule has 1 aromatic carbocycles. The van der Waals surface area contributed by atoms with Gasteiger partial charge in [-0.3, -0.25) is 0 Å². The van der Waals surface area contributed by atoms with Gasteiger partial charge in [0.15, 0.2) is 5.96 Å². The summed E-state index contributed by atoms with van der Waals surface area (Å²) in [6.07, 6.45) is 8.50. The van der Waals surface area contributed by atoms with Crippen molar-refractivity contribution in [2.24, 2.45) is 16.3 Å². The third-order valence-electron chi connectivity index (χ3n) is 6.89. The summed E-state index contributed by atoms with van der Waals surface area (Å²) in [5, 5.41) is 7.18. The Morgan fingerprint density at radius 2 is 2.07 bits per heavy atom. The van der Waals surface area contributed by atoms with Crippen LogP contribution in [0.1, 0.15) is 44.7 Å². The van der Waals surface area contributed by atoms with Gasteiger partial charge in [-0.25, -0.2) is 9.98 Å². The number of ether oxygens (including phenoxy) is 1. The van der Waals surface area contributed by atoms with E-state index in [2.05, 4.69) is 22.5 Å². The SMILES string of the molecule is CCNC(=NCc1coc(-c2ccccc2)n1)NC1C2CCOC2C12CCCC2. The number of fused-ring (bicyclic) bond motifs is 2. The summed E-state index contributed by atoms with van der Waals surface area (Å²) in [5.41, 5.74) is 2.14. The molecule has 1 saturated heterocycles. The van der Waals surface area contributed by atoms with Crippen molar-refractivity contribution in [2.45, 2.75) is 57.7 Å². The van der Waals surface area contributed by atoms with Crippen molar-refractivity contribution in [2.75, 3.05) is 13.2 Å². The number of nitrogens with zero attached hydrogens (tertiary/aromatic N) is 2. The molecule has 6 heteroatoms. The van der Waals surface area contributed by atoms with Crippen LogP contribution in [0, 0.1) is 11.3 Å². The highest BCUT2D eigenvalue weighted by Gasteiger charge is 2.65. The number of nitrogens with one attached hydrogen (secondary N) is 2. The molecule has 0 bridgehead atoms. The lowest BCUT2D eigenvalue weighted by Gasteiger charge is -2.57. The van der Waals surface area contributed by atoms with Crippen molar-refractivity contribution >= 4 is 5.96 Å². The fraction of sp³-hybridized carbons (Fsp3) is 0.565. The van der Waals surface area contributed by atoms with Gasteiger partial charge in [0.25, 0.3) is 0 Å². The van der Waals surface area contributed by atoms with Crippen molar-refractivity contribution < 1.29 is 9.15 Å². The summed E-state index contributed by atoms with van der Waals surface area (Å²) in [4.78, 5) is 9.41. The van der Waals surface area contributed by atoms with Crippen molar-refractivity contribution in [1.82, 2.24) is 15.6 Å². The Bertz CT molecular complexity index is 857. The molecule has 1 spiro atoms. The molecule has 6 nitrogen and oxygen atoms in total. The minimum Gasteiger partial charge on any atom is -0.444 e. The molecule has 3 atom stereocenters. The molecule has 2 aromatic rings. The van der Waals surface area contributed by atoms with E-state index in [4.69, 9.17) is 14.1 Å². The van der Waals surface area contributed by atoms with E-state index in [1.165, 1.54) is 25.7 Å². The Balaban J connectivity index is 1.29. The summed E-state index contributed by atoms with van der Waals surface area (Å²) in [6.45, 7) is 4.35.